The van der Waals surface area contributed by atoms with Gasteiger partial charge in [-0.15, -0.1) is 0 Å². The van der Waals surface area contributed by atoms with Crippen LogP contribution in [0.1, 0.15) is 90.4 Å². The molecule has 132 valence electrons. The minimum Gasteiger partial charge on any atom is -0.0697 e. The normalized spacial score (nSPS) is 35.8. The van der Waals surface area contributed by atoms with E-state index in [1.54, 1.807) is 55.6 Å². The van der Waals surface area contributed by atoms with Crippen LogP contribution in [0.4, 0.5) is 0 Å². The Hall–Kier alpha value is 0.440. The quantitative estimate of drug-likeness (QED) is 0.386. The smallest absolute Gasteiger partial charge is 0.0697 e. The summed E-state index contributed by atoms with van der Waals surface area (Å²) in [6.45, 7) is 2.36. The SMILES string of the molecule is CCCC1CCC(C2CCC(CCC3=[S+]CCCS3)CC2)CC1. The lowest BCUT2D eigenvalue weighted by atomic mass is 9.68. The molecule has 0 nitrogen and oxygen atoms in total. The number of thioether (sulfide) groups is 1. The molecule has 0 N–H and O–H groups in total. The molecule has 0 amide bonds. The molecule has 0 aromatic heterocycles. The first-order valence-corrected chi connectivity index (χ1v) is 12.4. The van der Waals surface area contributed by atoms with Gasteiger partial charge in [-0.05, 0) is 55.8 Å². The van der Waals surface area contributed by atoms with E-state index in [1.807, 2.05) is 0 Å². The molecule has 2 fully saturated rings. The molecular weight excluding hydrogens is 316 g/mol. The van der Waals surface area contributed by atoms with E-state index in [2.05, 4.69) is 30.0 Å². The van der Waals surface area contributed by atoms with Crippen LogP contribution in [-0.2, 0) is 11.4 Å². The van der Waals surface area contributed by atoms with E-state index in [0.29, 0.717) is 0 Å². The maximum atomic E-state index is 2.36. The predicted octanol–water partition coefficient (Wildman–Crippen LogP) is 6.53. The van der Waals surface area contributed by atoms with E-state index in [0.717, 1.165) is 23.7 Å². The number of hydrogen-bond donors (Lipinski definition) is 0. The van der Waals surface area contributed by atoms with E-state index in [-0.39, 0.29) is 0 Å². The van der Waals surface area contributed by atoms with Crippen molar-refractivity contribution >= 4 is 27.3 Å². The first kappa shape index (κ1) is 18.2. The first-order chi connectivity index (χ1) is 11.3. The van der Waals surface area contributed by atoms with Gasteiger partial charge < -0.3 is 0 Å². The van der Waals surface area contributed by atoms with Gasteiger partial charge in [-0.25, -0.2) is 0 Å². The van der Waals surface area contributed by atoms with Crippen LogP contribution in [-0.4, -0.2) is 15.7 Å². The summed E-state index contributed by atoms with van der Waals surface area (Å²) in [5.74, 6) is 7.10. The van der Waals surface area contributed by atoms with E-state index < -0.39 is 0 Å². The molecule has 0 unspecified atom stereocenters. The van der Waals surface area contributed by atoms with Gasteiger partial charge in [0.05, 0.1) is 0 Å². The van der Waals surface area contributed by atoms with E-state index >= 15 is 0 Å². The molecule has 0 spiro atoms. The zero-order valence-electron chi connectivity index (χ0n) is 15.2. The predicted molar refractivity (Wildman–Crippen MR) is 109 cm³/mol. The molecule has 0 atom stereocenters. The lowest BCUT2D eigenvalue weighted by Crippen LogP contribution is -2.26. The Bertz CT molecular complexity index is 360. The Morgan fingerprint density at radius 1 is 0.870 bits per heavy atom. The molecule has 0 bridgehead atoms. The average Bonchev–Trinajstić information content (AvgIpc) is 2.62. The van der Waals surface area contributed by atoms with Gasteiger partial charge in [-0.2, -0.15) is 0 Å². The monoisotopic (exact) mass is 353 g/mol. The fourth-order valence-electron chi connectivity index (χ4n) is 5.24. The van der Waals surface area contributed by atoms with Crippen LogP contribution in [0, 0.1) is 23.7 Å². The third-order valence-electron chi connectivity index (χ3n) is 6.72. The maximum Gasteiger partial charge on any atom is 0.234 e. The highest BCUT2D eigenvalue weighted by atomic mass is 32.2. The molecule has 3 aliphatic rings. The second-order valence-electron chi connectivity index (χ2n) is 8.31. The van der Waals surface area contributed by atoms with Crippen molar-refractivity contribution in [3.63, 3.8) is 0 Å². The molecule has 2 saturated carbocycles. The molecule has 3 rings (SSSR count). The van der Waals surface area contributed by atoms with Crippen molar-refractivity contribution in [2.24, 2.45) is 23.7 Å². The fourth-order valence-corrected chi connectivity index (χ4v) is 7.82. The van der Waals surface area contributed by atoms with Gasteiger partial charge >= 0.3 is 0 Å². The van der Waals surface area contributed by atoms with Gasteiger partial charge in [-0.3, -0.25) is 0 Å². The zero-order chi connectivity index (χ0) is 15.9. The summed E-state index contributed by atoms with van der Waals surface area (Å²) in [6, 6.07) is 0. The summed E-state index contributed by atoms with van der Waals surface area (Å²) in [5.41, 5.74) is 0. The molecular formula is C21H37S2+. The third kappa shape index (κ3) is 5.73. The topological polar surface area (TPSA) is 0 Å². The average molecular weight is 354 g/mol. The van der Waals surface area contributed by atoms with Gasteiger partial charge in [0.1, 0.15) is 0 Å². The van der Waals surface area contributed by atoms with Gasteiger partial charge in [-0.1, -0.05) is 57.2 Å². The molecule has 2 aliphatic carbocycles. The highest BCUT2D eigenvalue weighted by Gasteiger charge is 2.31. The standard InChI is InChI=1S/C21H37S2/c1-2-4-17-5-10-19(11-6-17)20-12-7-18(8-13-20)9-14-21-22-15-3-16-23-21/h17-20H,2-16H2,1H3/q+1. The molecule has 0 saturated heterocycles. The summed E-state index contributed by atoms with van der Waals surface area (Å²) >= 11 is 4.32. The van der Waals surface area contributed by atoms with Gasteiger partial charge in [0, 0.05) is 18.6 Å². The Labute approximate surface area is 152 Å². The summed E-state index contributed by atoms with van der Waals surface area (Å²) in [7, 11) is 0. The van der Waals surface area contributed by atoms with Crippen molar-refractivity contribution in [3.8, 4) is 0 Å². The summed E-state index contributed by atoms with van der Waals surface area (Å²) < 4.78 is 1.76. The lowest BCUT2D eigenvalue weighted by Gasteiger charge is -2.38. The zero-order valence-corrected chi connectivity index (χ0v) is 16.9. The van der Waals surface area contributed by atoms with Crippen molar-refractivity contribution in [1.82, 2.24) is 0 Å². The van der Waals surface area contributed by atoms with Crippen LogP contribution in [0.3, 0.4) is 0 Å². The Morgan fingerprint density at radius 2 is 1.48 bits per heavy atom. The van der Waals surface area contributed by atoms with Crippen LogP contribution in [0.25, 0.3) is 0 Å². The van der Waals surface area contributed by atoms with Gasteiger partial charge in [0.25, 0.3) is 0 Å². The van der Waals surface area contributed by atoms with E-state index in [1.165, 1.54) is 43.6 Å². The molecule has 1 aliphatic heterocycles. The van der Waals surface area contributed by atoms with Crippen molar-refractivity contribution in [2.75, 3.05) is 11.5 Å². The highest BCUT2D eigenvalue weighted by molar-refractivity contribution is 8.22. The largest absolute Gasteiger partial charge is 0.234 e. The van der Waals surface area contributed by atoms with Crippen molar-refractivity contribution in [1.29, 1.82) is 0 Å². The lowest BCUT2D eigenvalue weighted by molar-refractivity contribution is 0.141. The highest BCUT2D eigenvalue weighted by Crippen LogP contribution is 2.43. The van der Waals surface area contributed by atoms with Gasteiger partial charge in [0.2, 0.25) is 4.20 Å². The molecule has 0 radical (unpaired) electrons. The molecule has 0 aromatic carbocycles. The summed E-state index contributed by atoms with van der Waals surface area (Å²) in [5, 5.41) is 0. The molecule has 1 heterocycles. The van der Waals surface area contributed by atoms with Crippen LogP contribution >= 0.6 is 11.8 Å². The number of hydrogen-bond acceptors (Lipinski definition) is 1. The molecule has 0 aromatic rings. The number of rotatable bonds is 6. The Balaban J connectivity index is 1.33. The van der Waals surface area contributed by atoms with Gasteiger partial charge in [0.15, 0.2) is 17.1 Å². The molecule has 23 heavy (non-hydrogen) atoms. The summed E-state index contributed by atoms with van der Waals surface area (Å²) in [6.07, 6.45) is 19.6. The van der Waals surface area contributed by atoms with E-state index in [4.69, 9.17) is 0 Å². The minimum atomic E-state index is 1.05. The van der Waals surface area contributed by atoms with Crippen molar-refractivity contribution in [2.45, 2.75) is 90.4 Å². The van der Waals surface area contributed by atoms with Crippen molar-refractivity contribution < 1.29 is 0 Å². The Morgan fingerprint density at radius 3 is 2.00 bits per heavy atom. The van der Waals surface area contributed by atoms with Crippen LogP contribution in [0.2, 0.25) is 0 Å². The Kier molecular flexibility index (Phi) is 7.77. The second kappa shape index (κ2) is 9.80. The van der Waals surface area contributed by atoms with E-state index in [9.17, 15) is 0 Å². The van der Waals surface area contributed by atoms with Crippen molar-refractivity contribution in [3.05, 3.63) is 0 Å². The van der Waals surface area contributed by atoms with Crippen LogP contribution in [0.15, 0.2) is 0 Å². The van der Waals surface area contributed by atoms with Crippen LogP contribution in [0.5, 0.6) is 0 Å². The second-order valence-corrected chi connectivity index (χ2v) is 10.9. The first-order valence-electron chi connectivity index (χ1n) is 10.5. The fraction of sp³-hybridized carbons (Fsp3) is 0.952. The minimum absolute atomic E-state index is 1.05. The van der Waals surface area contributed by atoms with Crippen LogP contribution < -0.4 is 0 Å². The third-order valence-corrected chi connectivity index (χ3v) is 9.46. The summed E-state index contributed by atoms with van der Waals surface area (Å²) in [4.78, 5) is 0. The maximum absolute atomic E-state index is 2.36. The molecule has 2 heteroatoms.